The van der Waals surface area contributed by atoms with Crippen LogP contribution in [0.1, 0.15) is 21.5 Å². The van der Waals surface area contributed by atoms with E-state index in [2.05, 4.69) is 5.10 Å². The average Bonchev–Trinajstić information content (AvgIpc) is 3.44. The first-order valence-corrected chi connectivity index (χ1v) is 12.7. The number of aromatic nitrogens is 2. The van der Waals surface area contributed by atoms with Crippen molar-refractivity contribution in [3.05, 3.63) is 124 Å². The first-order chi connectivity index (χ1) is 20.0. The zero-order valence-corrected chi connectivity index (χ0v) is 21.9. The molecule has 0 spiro atoms. The van der Waals surface area contributed by atoms with Crippen molar-refractivity contribution in [1.29, 1.82) is 0 Å². The number of carboxylic acid groups (broad SMARTS) is 1. The van der Waals surface area contributed by atoms with E-state index in [0.29, 0.717) is 44.9 Å². The normalized spacial score (nSPS) is 11.3. The van der Waals surface area contributed by atoms with Gasteiger partial charge in [-0.25, -0.2) is 9.78 Å². The molecule has 0 bridgehead atoms. The van der Waals surface area contributed by atoms with E-state index in [-0.39, 0.29) is 23.6 Å². The van der Waals surface area contributed by atoms with Gasteiger partial charge < -0.3 is 19.0 Å². The number of benzene rings is 4. The van der Waals surface area contributed by atoms with Gasteiger partial charge in [0.15, 0.2) is 5.76 Å². The molecule has 0 aliphatic rings. The van der Waals surface area contributed by atoms with Crippen LogP contribution in [0, 0.1) is 0 Å². The summed E-state index contributed by atoms with van der Waals surface area (Å²) in [6, 6.07) is 28.1. The molecule has 0 aliphatic heterocycles. The Morgan fingerprint density at radius 3 is 2.59 bits per heavy atom. The van der Waals surface area contributed by atoms with Gasteiger partial charge in [-0.1, -0.05) is 42.5 Å². The monoisotopic (exact) mass is 545 g/mol. The zero-order chi connectivity index (χ0) is 28.3. The van der Waals surface area contributed by atoms with Crippen molar-refractivity contribution in [2.24, 2.45) is 5.10 Å². The molecule has 2 heterocycles. The van der Waals surface area contributed by atoms with Crippen molar-refractivity contribution in [1.82, 2.24) is 9.66 Å². The van der Waals surface area contributed by atoms with E-state index in [9.17, 15) is 14.7 Å². The lowest BCUT2D eigenvalue weighted by Crippen LogP contribution is -2.20. The number of ether oxygens (including phenoxy) is 2. The molecule has 1 N–H and O–H groups in total. The number of para-hydroxylation sites is 2. The average molecular weight is 546 g/mol. The largest absolute Gasteiger partial charge is 0.496 e. The summed E-state index contributed by atoms with van der Waals surface area (Å²) in [5.41, 5.74) is 2.23. The van der Waals surface area contributed by atoms with Gasteiger partial charge in [0.2, 0.25) is 5.82 Å². The number of hydrogen-bond acceptors (Lipinski definition) is 7. The van der Waals surface area contributed by atoms with Crippen molar-refractivity contribution in [2.75, 3.05) is 7.11 Å². The second-order valence-corrected chi connectivity index (χ2v) is 9.13. The van der Waals surface area contributed by atoms with Gasteiger partial charge in [0.05, 0.1) is 35.2 Å². The van der Waals surface area contributed by atoms with Crippen molar-refractivity contribution in [2.45, 2.75) is 6.61 Å². The number of fused-ring (bicyclic) bond motifs is 2. The molecule has 6 rings (SSSR count). The summed E-state index contributed by atoms with van der Waals surface area (Å²) >= 11 is 0. The third-order valence-corrected chi connectivity index (χ3v) is 6.52. The predicted molar refractivity (Wildman–Crippen MR) is 155 cm³/mol. The molecular weight excluding hydrogens is 522 g/mol. The number of nitrogens with zero attached hydrogens (tertiary/aromatic N) is 3. The molecule has 9 nitrogen and oxygen atoms in total. The number of furan rings is 1. The molecular formula is C32H23N3O6. The van der Waals surface area contributed by atoms with Gasteiger partial charge in [0.1, 0.15) is 23.7 Å². The second kappa shape index (κ2) is 10.8. The van der Waals surface area contributed by atoms with Gasteiger partial charge in [-0.05, 0) is 60.2 Å². The van der Waals surface area contributed by atoms with E-state index in [0.717, 1.165) is 5.39 Å². The Hall–Kier alpha value is -5.70. The molecule has 0 atom stereocenters. The van der Waals surface area contributed by atoms with Gasteiger partial charge in [-0.15, -0.1) is 0 Å². The van der Waals surface area contributed by atoms with Crippen molar-refractivity contribution in [3.63, 3.8) is 0 Å². The van der Waals surface area contributed by atoms with E-state index in [4.69, 9.17) is 18.9 Å². The Bertz CT molecular complexity index is 2010. The number of carboxylic acids is 1. The van der Waals surface area contributed by atoms with Gasteiger partial charge in [-0.2, -0.15) is 9.78 Å². The van der Waals surface area contributed by atoms with E-state index >= 15 is 0 Å². The molecule has 0 aliphatic carbocycles. The lowest BCUT2D eigenvalue weighted by Gasteiger charge is -2.10. The Morgan fingerprint density at radius 1 is 0.951 bits per heavy atom. The number of hydrogen-bond donors (Lipinski definition) is 1. The summed E-state index contributed by atoms with van der Waals surface area (Å²) < 4.78 is 18.8. The molecule has 0 radical (unpaired) electrons. The molecule has 4 aromatic carbocycles. The van der Waals surface area contributed by atoms with Crippen LogP contribution in [0.5, 0.6) is 11.5 Å². The molecule has 0 unspecified atom stereocenters. The molecule has 0 fully saturated rings. The summed E-state index contributed by atoms with van der Waals surface area (Å²) in [7, 11) is 1.58. The summed E-state index contributed by atoms with van der Waals surface area (Å²) in [4.78, 5) is 29.7. The van der Waals surface area contributed by atoms with E-state index in [1.165, 1.54) is 17.0 Å². The lowest BCUT2D eigenvalue weighted by molar-refractivity contribution is 0.0696. The molecule has 0 saturated heterocycles. The highest BCUT2D eigenvalue weighted by atomic mass is 16.5. The van der Waals surface area contributed by atoms with Crippen molar-refractivity contribution in [3.8, 4) is 23.1 Å². The molecule has 0 amide bonds. The summed E-state index contributed by atoms with van der Waals surface area (Å²) in [5, 5.41) is 15.0. The van der Waals surface area contributed by atoms with Crippen molar-refractivity contribution >= 4 is 34.1 Å². The minimum absolute atomic E-state index is 0.148. The number of aromatic carboxylic acids is 1. The molecule has 0 saturated carbocycles. The van der Waals surface area contributed by atoms with Crippen LogP contribution in [0.3, 0.4) is 0 Å². The standard InChI is InChI=1S/C32H23N3O6/c1-39-27-14-7-15-28-24(27)17-29(41-28)30-34-25-12-4-3-11-23(25)31(36)35(30)33-18-22-9-2-5-13-26(22)40-19-20-8-6-10-21(16-20)32(37)38/h2-18H,19H2,1H3,(H,37,38). The molecule has 6 aromatic rings. The Kier molecular flexibility index (Phi) is 6.75. The summed E-state index contributed by atoms with van der Waals surface area (Å²) in [5.74, 6) is 0.719. The van der Waals surface area contributed by atoms with Crippen LogP contribution in [0.2, 0.25) is 0 Å². The maximum Gasteiger partial charge on any atom is 0.335 e. The summed E-state index contributed by atoms with van der Waals surface area (Å²) in [6.45, 7) is 0.148. The van der Waals surface area contributed by atoms with Crippen LogP contribution >= 0.6 is 0 Å². The van der Waals surface area contributed by atoms with Gasteiger partial charge >= 0.3 is 5.97 Å². The number of methoxy groups -OCH3 is 1. The van der Waals surface area contributed by atoms with Crippen LogP contribution in [-0.2, 0) is 6.61 Å². The smallest absolute Gasteiger partial charge is 0.335 e. The maximum absolute atomic E-state index is 13.6. The van der Waals surface area contributed by atoms with Crippen molar-refractivity contribution < 1.29 is 23.8 Å². The number of rotatable bonds is 8. The third kappa shape index (κ3) is 5.04. The van der Waals surface area contributed by atoms with Gasteiger partial charge in [-0.3, -0.25) is 4.79 Å². The van der Waals surface area contributed by atoms with E-state index in [1.54, 1.807) is 61.7 Å². The fourth-order valence-corrected chi connectivity index (χ4v) is 4.51. The highest BCUT2D eigenvalue weighted by molar-refractivity contribution is 5.89. The topological polar surface area (TPSA) is 116 Å². The zero-order valence-electron chi connectivity index (χ0n) is 21.9. The molecule has 2 aromatic heterocycles. The summed E-state index contributed by atoms with van der Waals surface area (Å²) in [6.07, 6.45) is 1.52. The Labute approximate surface area is 233 Å². The highest BCUT2D eigenvalue weighted by Gasteiger charge is 2.18. The van der Waals surface area contributed by atoms with Gasteiger partial charge in [0, 0.05) is 5.56 Å². The van der Waals surface area contributed by atoms with Crippen LogP contribution in [0.15, 0.2) is 111 Å². The predicted octanol–water partition coefficient (Wildman–Crippen LogP) is 5.98. The van der Waals surface area contributed by atoms with Crippen LogP contribution in [-0.4, -0.2) is 34.1 Å². The van der Waals surface area contributed by atoms with E-state index in [1.807, 2.05) is 36.4 Å². The van der Waals surface area contributed by atoms with E-state index < -0.39 is 5.97 Å². The fourth-order valence-electron chi connectivity index (χ4n) is 4.51. The quantitative estimate of drug-likeness (QED) is 0.234. The highest BCUT2D eigenvalue weighted by Crippen LogP contribution is 2.33. The first-order valence-electron chi connectivity index (χ1n) is 12.7. The minimum Gasteiger partial charge on any atom is -0.496 e. The lowest BCUT2D eigenvalue weighted by atomic mass is 10.1. The first kappa shape index (κ1) is 25.6. The molecule has 202 valence electrons. The third-order valence-electron chi connectivity index (χ3n) is 6.52. The molecule has 9 heteroatoms. The van der Waals surface area contributed by atoms with Crippen LogP contribution in [0.4, 0.5) is 0 Å². The Balaban J connectivity index is 1.40. The Morgan fingerprint density at radius 2 is 1.73 bits per heavy atom. The number of carbonyl (C=O) groups is 1. The molecule has 41 heavy (non-hydrogen) atoms. The van der Waals surface area contributed by atoms with Gasteiger partial charge in [0.25, 0.3) is 5.56 Å². The minimum atomic E-state index is -1.01. The fraction of sp³-hybridized carbons (Fsp3) is 0.0625. The second-order valence-electron chi connectivity index (χ2n) is 9.13. The van der Waals surface area contributed by atoms with Crippen LogP contribution < -0.4 is 15.0 Å². The maximum atomic E-state index is 13.6. The SMILES string of the molecule is COc1cccc2oc(-c3nc4ccccc4c(=O)n3N=Cc3ccccc3OCc3cccc(C(=O)O)c3)cc12. The van der Waals surface area contributed by atoms with Crippen LogP contribution in [0.25, 0.3) is 33.5 Å².